The van der Waals surface area contributed by atoms with E-state index in [2.05, 4.69) is 25.7 Å². The lowest BCUT2D eigenvalue weighted by Gasteiger charge is -2.66. The Kier molecular flexibility index (Phi) is 2.75. The van der Waals surface area contributed by atoms with Gasteiger partial charge in [0.1, 0.15) is 6.04 Å². The Balaban J connectivity index is 1.44. The van der Waals surface area contributed by atoms with E-state index in [-0.39, 0.29) is 23.7 Å². The Morgan fingerprint density at radius 2 is 2.04 bits per heavy atom. The molecule has 3 saturated carbocycles. The zero-order valence-corrected chi connectivity index (χ0v) is 15.8. The average molecular weight is 346 g/mol. The molecule has 1 N–H and O–H groups in total. The number of nitrogens with one attached hydrogen (secondary N) is 1. The van der Waals surface area contributed by atoms with Gasteiger partial charge in [0.2, 0.25) is 0 Å². The summed E-state index contributed by atoms with van der Waals surface area (Å²) < 4.78 is 14.1. The molecule has 4 heterocycles. The van der Waals surface area contributed by atoms with Gasteiger partial charge in [-0.25, -0.2) is 0 Å². The Labute approximate surface area is 150 Å². The summed E-state index contributed by atoms with van der Waals surface area (Å²) in [4.78, 5) is 16.5. The Hall–Kier alpha value is -0.585. The first-order chi connectivity index (χ1) is 11.9. The van der Waals surface area contributed by atoms with Gasteiger partial charge in [-0.1, -0.05) is 20.3 Å². The molecule has 2 bridgehead atoms. The molecule has 25 heavy (non-hydrogen) atoms. The molecule has 7 aliphatic rings. The summed E-state index contributed by atoms with van der Waals surface area (Å²) >= 11 is 0. The van der Waals surface area contributed by atoms with Crippen molar-refractivity contribution < 1.29 is 18.9 Å². The highest BCUT2D eigenvalue weighted by molar-refractivity contribution is 6.62. The highest BCUT2D eigenvalue weighted by Gasteiger charge is 2.74. The summed E-state index contributed by atoms with van der Waals surface area (Å²) in [5, 5.41) is 0. The van der Waals surface area contributed by atoms with Crippen LogP contribution >= 0.6 is 0 Å². The van der Waals surface area contributed by atoms with Gasteiger partial charge < -0.3 is 19.0 Å². The predicted octanol–water partition coefficient (Wildman–Crippen LogP) is 0.757. The van der Waals surface area contributed by atoms with Gasteiger partial charge in [0, 0.05) is 31.6 Å². The first-order valence-electron chi connectivity index (χ1n) is 10.6. The summed E-state index contributed by atoms with van der Waals surface area (Å²) in [6, 6.07) is 0.0844. The number of carbonyl (C=O) groups is 1. The van der Waals surface area contributed by atoms with Gasteiger partial charge in [0.05, 0.1) is 5.60 Å². The standard InChI is InChI=1S/C19H31BN2O3/c1-18(2)12-10-14(18)19(3)15(11-12)24-20(25-19)16-7-5-8-21(16)17(23)13-6-4-9-22(13)20/h12-16,22H,4-11H2,1-3H3/t12-,13-,14-,15+,16-,19-,20?/m0/s1. The molecule has 138 valence electrons. The third-order valence-corrected chi connectivity index (χ3v) is 9.41. The number of amides is 1. The molecule has 6 heteroatoms. The normalized spacial score (nSPS) is 58.0. The fourth-order valence-electron chi connectivity index (χ4n) is 8.04. The molecule has 8 atom stereocenters. The van der Waals surface area contributed by atoms with Crippen LogP contribution in [0.4, 0.5) is 0 Å². The lowest BCUT2D eigenvalue weighted by atomic mass is 9.43. The minimum atomic E-state index is -1.44. The van der Waals surface area contributed by atoms with Gasteiger partial charge in [0.15, 0.2) is 0 Å². The molecule has 0 aromatic rings. The van der Waals surface area contributed by atoms with E-state index in [1.165, 1.54) is 11.2 Å². The van der Waals surface area contributed by atoms with Crippen molar-refractivity contribution in [2.45, 2.75) is 83.0 Å². The van der Waals surface area contributed by atoms with Crippen LogP contribution in [0.1, 0.15) is 59.3 Å². The zero-order valence-electron chi connectivity index (χ0n) is 15.8. The van der Waals surface area contributed by atoms with Crippen LogP contribution in [0.2, 0.25) is 0 Å². The van der Waals surface area contributed by atoms with Crippen LogP contribution in [0.15, 0.2) is 0 Å². The van der Waals surface area contributed by atoms with Gasteiger partial charge >= 0.3 is 6.69 Å². The van der Waals surface area contributed by atoms with E-state index in [1.807, 2.05) is 0 Å². The minimum absolute atomic E-state index is 0.0844. The maximum atomic E-state index is 13.0. The fourth-order valence-corrected chi connectivity index (χ4v) is 8.04. The lowest BCUT2D eigenvalue weighted by molar-refractivity contribution is -0.823. The highest BCUT2D eigenvalue weighted by atomic mass is 16.7. The molecule has 7 rings (SSSR count). The molecule has 1 spiro atoms. The maximum Gasteiger partial charge on any atom is 0.493 e. The second kappa shape index (κ2) is 4.45. The number of fused-ring (bicyclic) bond motifs is 4. The van der Waals surface area contributed by atoms with Crippen LogP contribution in [-0.4, -0.2) is 54.3 Å². The number of rotatable bonds is 0. The molecule has 5 nitrogen and oxygen atoms in total. The molecule has 0 radical (unpaired) electrons. The quantitative estimate of drug-likeness (QED) is 0.659. The van der Waals surface area contributed by atoms with Crippen LogP contribution in [0, 0.1) is 17.3 Å². The van der Waals surface area contributed by atoms with E-state index in [0.29, 0.717) is 17.2 Å². The maximum absolute atomic E-state index is 13.0. The first-order valence-corrected chi connectivity index (χ1v) is 10.6. The molecule has 4 aliphatic heterocycles. The van der Waals surface area contributed by atoms with Crippen molar-refractivity contribution in [2.75, 3.05) is 13.1 Å². The Morgan fingerprint density at radius 3 is 2.84 bits per heavy atom. The van der Waals surface area contributed by atoms with E-state index >= 15 is 0 Å². The average Bonchev–Trinajstić information content (AvgIpc) is 3.28. The molecule has 7 fully saturated rings. The molecule has 0 aromatic heterocycles. The highest BCUT2D eigenvalue weighted by Crippen LogP contribution is 2.66. The number of carbonyl (C=O) groups excluding carboxylic acids is 1. The largest absolute Gasteiger partial charge is 0.508 e. The molecule has 4 saturated heterocycles. The number of hydrogen-bond donors (Lipinski definition) is 1. The van der Waals surface area contributed by atoms with Crippen molar-refractivity contribution in [1.82, 2.24) is 4.90 Å². The van der Waals surface area contributed by atoms with Gasteiger partial charge in [-0.3, -0.25) is 4.79 Å². The van der Waals surface area contributed by atoms with Crippen LogP contribution in [-0.2, 0) is 14.1 Å². The van der Waals surface area contributed by atoms with Gasteiger partial charge in [-0.2, -0.15) is 0 Å². The molecule has 3 aliphatic carbocycles. The van der Waals surface area contributed by atoms with Crippen molar-refractivity contribution in [1.29, 1.82) is 0 Å². The Morgan fingerprint density at radius 1 is 1.20 bits per heavy atom. The number of nitrogens with zero attached hydrogens (tertiary/aromatic N) is 1. The van der Waals surface area contributed by atoms with Crippen molar-refractivity contribution in [2.24, 2.45) is 17.3 Å². The van der Waals surface area contributed by atoms with Gasteiger partial charge in [-0.15, -0.1) is 0 Å². The topological polar surface area (TPSA) is 43.2 Å². The van der Waals surface area contributed by atoms with Crippen molar-refractivity contribution in [3.05, 3.63) is 0 Å². The van der Waals surface area contributed by atoms with E-state index in [1.54, 1.807) is 0 Å². The SMILES string of the molecule is CC1(C)[C@@H]2C[C@H]3O[B-]4(O[C@@]3(C)[C@H]1C2)[C@@H]1CCCN1C(=O)[C@@H]1CCC[NH+]14. The van der Waals surface area contributed by atoms with Crippen molar-refractivity contribution in [3.63, 3.8) is 0 Å². The minimum Gasteiger partial charge on any atom is -0.508 e. The third-order valence-electron chi connectivity index (χ3n) is 9.41. The third kappa shape index (κ3) is 1.58. The van der Waals surface area contributed by atoms with Gasteiger partial charge in [-0.05, 0) is 49.9 Å². The van der Waals surface area contributed by atoms with Crippen molar-refractivity contribution >= 4 is 12.6 Å². The summed E-state index contributed by atoms with van der Waals surface area (Å²) in [6.07, 6.45) is 6.96. The van der Waals surface area contributed by atoms with E-state index in [0.717, 1.165) is 51.1 Å². The molecule has 1 amide bonds. The van der Waals surface area contributed by atoms with Gasteiger partial charge in [0.25, 0.3) is 5.91 Å². The Bertz CT molecular complexity index is 631. The van der Waals surface area contributed by atoms with E-state index in [4.69, 9.17) is 9.31 Å². The summed E-state index contributed by atoms with van der Waals surface area (Å²) in [6.45, 7) is 7.68. The van der Waals surface area contributed by atoms with Crippen LogP contribution < -0.4 is 4.81 Å². The zero-order chi connectivity index (χ0) is 17.2. The molecule has 2 unspecified atom stereocenters. The first kappa shape index (κ1) is 15.5. The second-order valence-corrected chi connectivity index (χ2v) is 10.5. The monoisotopic (exact) mass is 346 g/mol. The lowest BCUT2D eigenvalue weighted by Crippen LogP contribution is -3.29. The van der Waals surface area contributed by atoms with E-state index in [9.17, 15) is 4.79 Å². The van der Waals surface area contributed by atoms with Crippen molar-refractivity contribution in [3.8, 4) is 0 Å². The second-order valence-electron chi connectivity index (χ2n) is 10.5. The predicted molar refractivity (Wildman–Crippen MR) is 93.7 cm³/mol. The fraction of sp³-hybridized carbons (Fsp3) is 0.947. The molecular weight excluding hydrogens is 315 g/mol. The summed E-state index contributed by atoms with van der Waals surface area (Å²) in [5.74, 6) is 1.93. The smallest absolute Gasteiger partial charge is 0.493 e. The molecule has 0 aromatic carbocycles. The summed E-state index contributed by atoms with van der Waals surface area (Å²) in [7, 11) is 0. The number of quaternary nitrogens is 1. The molecular formula is C19H31BN2O3. The van der Waals surface area contributed by atoms with Crippen LogP contribution in [0.3, 0.4) is 0 Å². The summed E-state index contributed by atoms with van der Waals surface area (Å²) in [5.41, 5.74) is 0.211. The van der Waals surface area contributed by atoms with Crippen LogP contribution in [0.25, 0.3) is 0 Å². The number of hydrogen-bond acceptors (Lipinski definition) is 3. The van der Waals surface area contributed by atoms with Crippen LogP contribution in [0.5, 0.6) is 0 Å². The van der Waals surface area contributed by atoms with E-state index < -0.39 is 6.69 Å².